The molecule has 0 bridgehead atoms. The first kappa shape index (κ1) is 12.3. The lowest BCUT2D eigenvalue weighted by Gasteiger charge is -2.37. The van der Waals surface area contributed by atoms with E-state index in [0.29, 0.717) is 6.61 Å². The lowest BCUT2D eigenvalue weighted by molar-refractivity contribution is -0.0847. The molecule has 2 aliphatic rings. The van der Waals surface area contributed by atoms with Crippen LogP contribution in [-0.2, 0) is 14.8 Å². The Morgan fingerprint density at radius 1 is 1.56 bits per heavy atom. The molecule has 0 aliphatic carbocycles. The van der Waals surface area contributed by atoms with E-state index in [1.807, 2.05) is 0 Å². The summed E-state index contributed by atoms with van der Waals surface area (Å²) < 4.78 is 28.1. The van der Waals surface area contributed by atoms with Crippen molar-refractivity contribution in [2.45, 2.75) is 24.9 Å². The van der Waals surface area contributed by atoms with Crippen LogP contribution in [0.15, 0.2) is 0 Å². The Bertz CT molecular complexity index is 353. The summed E-state index contributed by atoms with van der Waals surface area (Å²) in [6.07, 6.45) is 2.64. The van der Waals surface area contributed by atoms with Crippen LogP contribution in [0.2, 0.25) is 0 Å². The number of hydrogen-bond donors (Lipinski definition) is 1. The first-order valence-corrected chi connectivity index (χ1v) is 7.43. The summed E-state index contributed by atoms with van der Waals surface area (Å²) in [6, 6.07) is 0. The van der Waals surface area contributed by atoms with Crippen molar-refractivity contribution in [2.24, 2.45) is 11.1 Å². The second kappa shape index (κ2) is 4.25. The molecule has 2 fully saturated rings. The van der Waals surface area contributed by atoms with Crippen molar-refractivity contribution in [3.63, 3.8) is 0 Å². The number of sulfonamides is 1. The number of primary sulfonamides is 1. The lowest BCUT2D eigenvalue weighted by Crippen LogP contribution is -2.43. The van der Waals surface area contributed by atoms with Crippen LogP contribution in [0.25, 0.3) is 0 Å². The molecule has 94 valence electrons. The fourth-order valence-corrected chi connectivity index (χ4v) is 3.87. The van der Waals surface area contributed by atoms with Crippen LogP contribution in [0.1, 0.15) is 19.3 Å². The fraction of sp³-hybridized carbons (Fsp3) is 1.00. The molecule has 2 atom stereocenters. The molecule has 6 heteroatoms. The zero-order valence-electron chi connectivity index (χ0n) is 9.68. The highest BCUT2D eigenvalue weighted by atomic mass is 32.2. The molecular weight excluding hydrogens is 228 g/mol. The average Bonchev–Trinajstić information content (AvgIpc) is 2.44. The molecule has 1 spiro atoms. The van der Waals surface area contributed by atoms with Crippen molar-refractivity contribution in [1.29, 1.82) is 0 Å². The third-order valence-corrected chi connectivity index (χ3v) is 4.51. The van der Waals surface area contributed by atoms with Crippen molar-refractivity contribution in [3.05, 3.63) is 0 Å². The van der Waals surface area contributed by atoms with Gasteiger partial charge in [0.25, 0.3) is 0 Å². The normalized spacial score (nSPS) is 37.0. The van der Waals surface area contributed by atoms with E-state index >= 15 is 0 Å². The predicted molar refractivity (Wildman–Crippen MR) is 61.5 cm³/mol. The summed E-state index contributed by atoms with van der Waals surface area (Å²) in [7, 11) is -1.28. The molecule has 0 aromatic carbocycles. The van der Waals surface area contributed by atoms with Gasteiger partial charge in [0.2, 0.25) is 10.0 Å². The van der Waals surface area contributed by atoms with E-state index in [9.17, 15) is 8.42 Å². The van der Waals surface area contributed by atoms with Crippen molar-refractivity contribution >= 4 is 10.0 Å². The zero-order valence-corrected chi connectivity index (χ0v) is 10.5. The Hall–Kier alpha value is -0.170. The van der Waals surface area contributed by atoms with Crippen LogP contribution in [-0.4, -0.2) is 51.4 Å². The number of likely N-dealkylation sites (tertiary alicyclic amines) is 1. The first-order chi connectivity index (χ1) is 7.39. The van der Waals surface area contributed by atoms with Crippen molar-refractivity contribution in [2.75, 3.05) is 32.5 Å². The van der Waals surface area contributed by atoms with Crippen molar-refractivity contribution in [1.82, 2.24) is 4.90 Å². The van der Waals surface area contributed by atoms with E-state index in [-0.39, 0.29) is 17.3 Å². The third kappa shape index (κ3) is 2.94. The minimum Gasteiger partial charge on any atom is -0.374 e. The molecule has 2 unspecified atom stereocenters. The minimum atomic E-state index is -3.35. The van der Waals surface area contributed by atoms with Gasteiger partial charge in [-0.25, -0.2) is 13.6 Å². The molecule has 0 amide bonds. The monoisotopic (exact) mass is 248 g/mol. The molecule has 2 N–H and O–H groups in total. The van der Waals surface area contributed by atoms with Gasteiger partial charge in [-0.05, 0) is 32.2 Å². The van der Waals surface area contributed by atoms with Gasteiger partial charge in [0.1, 0.15) is 0 Å². The SMILES string of the molecule is CN1CCC2(CC(CS(N)(=O)=O)CCO2)C1. The summed E-state index contributed by atoms with van der Waals surface area (Å²) in [5.74, 6) is 0.261. The van der Waals surface area contributed by atoms with E-state index in [1.165, 1.54) is 0 Å². The minimum absolute atomic E-state index is 0.0990. The molecule has 0 aromatic rings. The van der Waals surface area contributed by atoms with Gasteiger partial charge in [-0.1, -0.05) is 0 Å². The standard InChI is InChI=1S/C10H20N2O3S/c1-12-4-3-10(8-12)6-9(2-5-15-10)7-16(11,13)14/h9H,2-8H2,1H3,(H2,11,13,14). The Morgan fingerprint density at radius 2 is 2.31 bits per heavy atom. The van der Waals surface area contributed by atoms with E-state index in [2.05, 4.69) is 11.9 Å². The fourth-order valence-electron chi connectivity index (χ4n) is 2.93. The van der Waals surface area contributed by atoms with Crippen LogP contribution in [0, 0.1) is 5.92 Å². The predicted octanol–water partition coefficient (Wildman–Crippen LogP) is -0.224. The molecule has 2 rings (SSSR count). The second-order valence-corrected chi connectivity index (χ2v) is 6.87. The molecule has 2 saturated heterocycles. The highest BCUT2D eigenvalue weighted by Crippen LogP contribution is 2.36. The summed E-state index contributed by atoms with van der Waals surface area (Å²) in [5, 5.41) is 5.10. The number of hydrogen-bond acceptors (Lipinski definition) is 4. The number of ether oxygens (including phenoxy) is 1. The van der Waals surface area contributed by atoms with Gasteiger partial charge in [0.05, 0.1) is 11.4 Å². The highest BCUT2D eigenvalue weighted by Gasteiger charge is 2.42. The van der Waals surface area contributed by atoms with Gasteiger partial charge in [0, 0.05) is 19.7 Å². The van der Waals surface area contributed by atoms with E-state index in [1.54, 1.807) is 0 Å². The number of rotatable bonds is 2. The topological polar surface area (TPSA) is 72.6 Å². The molecule has 0 radical (unpaired) electrons. The average molecular weight is 248 g/mol. The van der Waals surface area contributed by atoms with Gasteiger partial charge in [-0.3, -0.25) is 0 Å². The quantitative estimate of drug-likeness (QED) is 0.733. The second-order valence-electron chi connectivity index (χ2n) is 5.21. The molecule has 2 aliphatic heterocycles. The Kier molecular flexibility index (Phi) is 3.27. The maximum atomic E-state index is 11.1. The van der Waals surface area contributed by atoms with Crippen LogP contribution in [0.5, 0.6) is 0 Å². The summed E-state index contributed by atoms with van der Waals surface area (Å²) in [6.45, 7) is 2.60. The van der Waals surface area contributed by atoms with Gasteiger partial charge in [-0.2, -0.15) is 0 Å². The number of nitrogens with zero attached hydrogens (tertiary/aromatic N) is 1. The zero-order chi connectivity index (χ0) is 11.8. The maximum absolute atomic E-state index is 11.1. The van der Waals surface area contributed by atoms with Crippen LogP contribution >= 0.6 is 0 Å². The van der Waals surface area contributed by atoms with Crippen LogP contribution < -0.4 is 5.14 Å². The summed E-state index contributed by atoms with van der Waals surface area (Å²) >= 11 is 0. The van der Waals surface area contributed by atoms with E-state index < -0.39 is 10.0 Å². The third-order valence-electron chi connectivity index (χ3n) is 3.57. The number of nitrogens with two attached hydrogens (primary N) is 1. The molecule has 16 heavy (non-hydrogen) atoms. The first-order valence-electron chi connectivity index (χ1n) is 5.72. The maximum Gasteiger partial charge on any atom is 0.209 e. The van der Waals surface area contributed by atoms with Crippen LogP contribution in [0.3, 0.4) is 0 Å². The largest absolute Gasteiger partial charge is 0.374 e. The molecule has 0 aromatic heterocycles. The molecular formula is C10H20N2O3S. The Labute approximate surface area is 97.0 Å². The summed E-state index contributed by atoms with van der Waals surface area (Å²) in [4.78, 5) is 2.24. The Morgan fingerprint density at radius 3 is 2.88 bits per heavy atom. The van der Waals surface area contributed by atoms with Gasteiger partial charge < -0.3 is 9.64 Å². The lowest BCUT2D eigenvalue weighted by atomic mass is 9.86. The van der Waals surface area contributed by atoms with Gasteiger partial charge in [0.15, 0.2) is 0 Å². The smallest absolute Gasteiger partial charge is 0.209 e. The molecule has 5 nitrogen and oxygen atoms in total. The molecule has 2 heterocycles. The number of likely N-dealkylation sites (N-methyl/N-ethyl adjacent to an activating group) is 1. The van der Waals surface area contributed by atoms with E-state index in [4.69, 9.17) is 9.88 Å². The van der Waals surface area contributed by atoms with Gasteiger partial charge >= 0.3 is 0 Å². The van der Waals surface area contributed by atoms with Crippen molar-refractivity contribution in [3.8, 4) is 0 Å². The van der Waals surface area contributed by atoms with Gasteiger partial charge in [-0.15, -0.1) is 0 Å². The Balaban J connectivity index is 1.99. The van der Waals surface area contributed by atoms with Crippen LogP contribution in [0.4, 0.5) is 0 Å². The molecule has 0 saturated carbocycles. The highest BCUT2D eigenvalue weighted by molar-refractivity contribution is 7.89. The summed E-state index contributed by atoms with van der Waals surface area (Å²) in [5.41, 5.74) is -0.109. The van der Waals surface area contributed by atoms with E-state index in [0.717, 1.165) is 32.4 Å². The van der Waals surface area contributed by atoms with Crippen molar-refractivity contribution < 1.29 is 13.2 Å².